The molecule has 1 aliphatic rings. The fraction of sp³-hybridized carbons (Fsp3) is 1.00. The summed E-state index contributed by atoms with van der Waals surface area (Å²) in [7, 11) is 0. The van der Waals surface area contributed by atoms with Crippen molar-refractivity contribution in [3.63, 3.8) is 0 Å². The lowest BCUT2D eigenvalue weighted by Gasteiger charge is -2.40. The molecule has 0 atom stereocenters. The highest BCUT2D eigenvalue weighted by Crippen LogP contribution is 2.39. The zero-order valence-electron chi connectivity index (χ0n) is 12.5. The van der Waals surface area contributed by atoms with Crippen LogP contribution in [0.4, 0.5) is 0 Å². The third-order valence-electron chi connectivity index (χ3n) is 4.53. The molecule has 0 radical (unpaired) electrons. The van der Waals surface area contributed by atoms with Gasteiger partial charge in [0.1, 0.15) is 0 Å². The first kappa shape index (κ1) is 16.5. The standard InChI is InChI=1S/C16H31BrO/c1-4-5-6-7-12-18-16(13-17)10-8-15(9-11-16)14(2)3/h14-15H,4-13H2,1-3H3. The van der Waals surface area contributed by atoms with Crippen LogP contribution in [0.15, 0.2) is 0 Å². The number of hydrogen-bond donors (Lipinski definition) is 0. The molecule has 0 unspecified atom stereocenters. The number of halogens is 1. The van der Waals surface area contributed by atoms with E-state index in [-0.39, 0.29) is 5.60 Å². The molecule has 0 amide bonds. The van der Waals surface area contributed by atoms with E-state index in [0.717, 1.165) is 23.8 Å². The molecule has 2 heteroatoms. The van der Waals surface area contributed by atoms with Crippen LogP contribution in [0.1, 0.15) is 72.1 Å². The summed E-state index contributed by atoms with van der Waals surface area (Å²) in [5.74, 6) is 1.75. The van der Waals surface area contributed by atoms with E-state index in [4.69, 9.17) is 4.74 Å². The van der Waals surface area contributed by atoms with Gasteiger partial charge in [0.2, 0.25) is 0 Å². The van der Waals surface area contributed by atoms with Gasteiger partial charge in [0, 0.05) is 11.9 Å². The monoisotopic (exact) mass is 318 g/mol. The van der Waals surface area contributed by atoms with Crippen LogP contribution in [0, 0.1) is 11.8 Å². The van der Waals surface area contributed by atoms with Gasteiger partial charge >= 0.3 is 0 Å². The van der Waals surface area contributed by atoms with Gasteiger partial charge in [0.05, 0.1) is 5.60 Å². The predicted molar refractivity (Wildman–Crippen MR) is 83.4 cm³/mol. The zero-order chi connectivity index (χ0) is 13.4. The van der Waals surface area contributed by atoms with Crippen LogP contribution < -0.4 is 0 Å². The lowest BCUT2D eigenvalue weighted by atomic mass is 9.75. The van der Waals surface area contributed by atoms with Crippen LogP contribution >= 0.6 is 15.9 Å². The molecule has 1 aliphatic carbocycles. The Kier molecular flexibility index (Phi) is 7.86. The predicted octanol–water partition coefficient (Wildman–Crippen LogP) is 5.56. The van der Waals surface area contributed by atoms with E-state index in [0.29, 0.717) is 0 Å². The smallest absolute Gasteiger partial charge is 0.0779 e. The molecule has 0 saturated heterocycles. The molecule has 18 heavy (non-hydrogen) atoms. The van der Waals surface area contributed by atoms with Crippen molar-refractivity contribution in [3.8, 4) is 0 Å². The Morgan fingerprint density at radius 1 is 1.17 bits per heavy atom. The Morgan fingerprint density at radius 3 is 2.33 bits per heavy atom. The Balaban J connectivity index is 2.27. The maximum Gasteiger partial charge on any atom is 0.0779 e. The minimum Gasteiger partial charge on any atom is -0.374 e. The van der Waals surface area contributed by atoms with Crippen LogP contribution in [0.2, 0.25) is 0 Å². The molecule has 1 rings (SSSR count). The quantitative estimate of drug-likeness (QED) is 0.420. The molecule has 1 nitrogen and oxygen atoms in total. The maximum atomic E-state index is 6.25. The minimum atomic E-state index is 0.150. The summed E-state index contributed by atoms with van der Waals surface area (Å²) in [6.07, 6.45) is 10.4. The normalized spacial score (nSPS) is 28.8. The van der Waals surface area contributed by atoms with Gasteiger partial charge < -0.3 is 4.74 Å². The second kappa shape index (κ2) is 8.58. The van der Waals surface area contributed by atoms with E-state index in [9.17, 15) is 0 Å². The number of hydrogen-bond acceptors (Lipinski definition) is 1. The molecule has 0 aromatic carbocycles. The Morgan fingerprint density at radius 2 is 1.83 bits per heavy atom. The van der Waals surface area contributed by atoms with Crippen molar-refractivity contribution in [2.75, 3.05) is 11.9 Å². The third kappa shape index (κ3) is 5.21. The molecule has 108 valence electrons. The minimum absolute atomic E-state index is 0.150. The van der Waals surface area contributed by atoms with E-state index in [1.54, 1.807) is 0 Å². The molecular weight excluding hydrogens is 288 g/mol. The first-order valence-corrected chi connectivity index (χ1v) is 8.95. The van der Waals surface area contributed by atoms with Crippen LogP contribution in [-0.4, -0.2) is 17.5 Å². The highest BCUT2D eigenvalue weighted by molar-refractivity contribution is 9.09. The highest BCUT2D eigenvalue weighted by atomic mass is 79.9. The molecule has 1 fully saturated rings. The van der Waals surface area contributed by atoms with Gasteiger partial charge in [-0.3, -0.25) is 0 Å². The average Bonchev–Trinajstić information content (AvgIpc) is 2.39. The van der Waals surface area contributed by atoms with Crippen molar-refractivity contribution in [2.45, 2.75) is 77.7 Å². The molecular formula is C16H31BrO. The lowest BCUT2D eigenvalue weighted by Crippen LogP contribution is -2.40. The van der Waals surface area contributed by atoms with Gasteiger partial charge in [0.25, 0.3) is 0 Å². The van der Waals surface area contributed by atoms with E-state index < -0.39 is 0 Å². The molecule has 0 bridgehead atoms. The fourth-order valence-electron chi connectivity index (χ4n) is 2.97. The number of ether oxygens (including phenoxy) is 1. The van der Waals surface area contributed by atoms with Crippen LogP contribution in [-0.2, 0) is 4.74 Å². The molecule has 0 heterocycles. The molecule has 0 aromatic rings. The lowest BCUT2D eigenvalue weighted by molar-refractivity contribution is -0.0645. The number of unbranched alkanes of at least 4 members (excludes halogenated alkanes) is 3. The SMILES string of the molecule is CCCCCCOC1(CBr)CCC(C(C)C)CC1. The van der Waals surface area contributed by atoms with Crippen molar-refractivity contribution in [1.29, 1.82) is 0 Å². The van der Waals surface area contributed by atoms with E-state index in [1.165, 1.54) is 51.4 Å². The van der Waals surface area contributed by atoms with E-state index in [2.05, 4.69) is 36.7 Å². The van der Waals surface area contributed by atoms with E-state index in [1.807, 2.05) is 0 Å². The average molecular weight is 319 g/mol. The first-order valence-electron chi connectivity index (χ1n) is 7.83. The summed E-state index contributed by atoms with van der Waals surface area (Å²) in [5.41, 5.74) is 0.150. The molecule has 0 spiro atoms. The summed E-state index contributed by atoms with van der Waals surface area (Å²) in [6, 6.07) is 0. The van der Waals surface area contributed by atoms with Gasteiger partial charge in [-0.05, 0) is 43.9 Å². The van der Waals surface area contributed by atoms with Gasteiger partial charge in [-0.15, -0.1) is 0 Å². The number of rotatable bonds is 8. The van der Waals surface area contributed by atoms with E-state index >= 15 is 0 Å². The second-order valence-corrected chi connectivity index (χ2v) is 6.87. The largest absolute Gasteiger partial charge is 0.374 e. The van der Waals surface area contributed by atoms with Gasteiger partial charge in [-0.1, -0.05) is 56.0 Å². The maximum absolute atomic E-state index is 6.25. The van der Waals surface area contributed by atoms with Crippen molar-refractivity contribution >= 4 is 15.9 Å². The molecule has 0 N–H and O–H groups in total. The summed E-state index contributed by atoms with van der Waals surface area (Å²) in [6.45, 7) is 7.93. The van der Waals surface area contributed by atoms with Crippen molar-refractivity contribution in [1.82, 2.24) is 0 Å². The summed E-state index contributed by atoms with van der Waals surface area (Å²) in [5, 5.41) is 1.01. The van der Waals surface area contributed by atoms with Crippen LogP contribution in [0.3, 0.4) is 0 Å². The van der Waals surface area contributed by atoms with Gasteiger partial charge in [-0.2, -0.15) is 0 Å². The summed E-state index contributed by atoms with van der Waals surface area (Å²) >= 11 is 3.68. The van der Waals surface area contributed by atoms with Crippen molar-refractivity contribution in [3.05, 3.63) is 0 Å². The van der Waals surface area contributed by atoms with Gasteiger partial charge in [0.15, 0.2) is 0 Å². The van der Waals surface area contributed by atoms with Crippen LogP contribution in [0.25, 0.3) is 0 Å². The third-order valence-corrected chi connectivity index (χ3v) is 5.56. The van der Waals surface area contributed by atoms with Crippen molar-refractivity contribution < 1.29 is 4.74 Å². The van der Waals surface area contributed by atoms with Gasteiger partial charge in [-0.25, -0.2) is 0 Å². The van der Waals surface area contributed by atoms with Crippen molar-refractivity contribution in [2.24, 2.45) is 11.8 Å². The topological polar surface area (TPSA) is 9.23 Å². The summed E-state index contributed by atoms with van der Waals surface area (Å²) in [4.78, 5) is 0. The molecule has 0 aliphatic heterocycles. The zero-order valence-corrected chi connectivity index (χ0v) is 14.1. The Bertz CT molecular complexity index is 207. The Labute approximate surface area is 122 Å². The highest BCUT2D eigenvalue weighted by Gasteiger charge is 2.35. The molecule has 1 saturated carbocycles. The Hall–Kier alpha value is 0.440. The fourth-order valence-corrected chi connectivity index (χ4v) is 3.69. The van der Waals surface area contributed by atoms with Crippen LogP contribution in [0.5, 0.6) is 0 Å². The second-order valence-electron chi connectivity index (χ2n) is 6.31. The first-order chi connectivity index (χ1) is 8.63. The molecule has 0 aromatic heterocycles. The number of alkyl halides is 1. The summed E-state index contributed by atoms with van der Waals surface area (Å²) < 4.78 is 6.25.